The molecule has 2 heterocycles. The van der Waals surface area contributed by atoms with E-state index >= 15 is 0 Å². The summed E-state index contributed by atoms with van der Waals surface area (Å²) in [6.45, 7) is 16.0. The van der Waals surface area contributed by atoms with E-state index in [2.05, 4.69) is 191 Å². The maximum absolute atomic E-state index is 6.13. The van der Waals surface area contributed by atoms with E-state index in [4.69, 9.17) is 4.74 Å². The number of methoxy groups -OCH3 is 1. The smallest absolute Gasteiger partial charge is 0.218 e. The van der Waals surface area contributed by atoms with E-state index in [0.29, 0.717) is 0 Å². The molecule has 0 N–H and O–H groups in total. The van der Waals surface area contributed by atoms with Crippen molar-refractivity contribution < 1.29 is 4.74 Å². The zero-order chi connectivity index (χ0) is 36.8. The normalized spacial score (nSPS) is 21.1. The average Bonchev–Trinajstić information content (AvgIpc) is 3.69. The van der Waals surface area contributed by atoms with Crippen LogP contribution in [0.2, 0.25) is 0 Å². The molecule has 4 aromatic carbocycles. The third-order valence-electron chi connectivity index (χ3n) is 11.5. The van der Waals surface area contributed by atoms with E-state index in [9.17, 15) is 0 Å². The fourth-order valence-corrected chi connectivity index (χ4v) is 8.68. The monoisotopic (exact) mass is 688 g/mol. The predicted molar refractivity (Wildman–Crippen MR) is 221 cm³/mol. The van der Waals surface area contributed by atoms with Crippen molar-refractivity contribution in [3.8, 4) is 0 Å². The first-order chi connectivity index (χ1) is 25.0. The highest BCUT2D eigenvalue weighted by atomic mass is 16.5. The lowest BCUT2D eigenvalue weighted by atomic mass is 9.83. The molecule has 52 heavy (non-hydrogen) atoms. The number of fused-ring (bicyclic) bond motifs is 2. The number of ether oxygens (including phenoxy) is 1. The van der Waals surface area contributed by atoms with Crippen molar-refractivity contribution in [2.45, 2.75) is 84.8 Å². The molecule has 0 saturated heterocycles. The highest BCUT2D eigenvalue weighted by molar-refractivity contribution is 6.17. The molecule has 1 saturated carbocycles. The molecule has 4 heteroatoms. The summed E-state index contributed by atoms with van der Waals surface area (Å²) < 4.78 is 8.59. The molecule has 3 aliphatic rings. The van der Waals surface area contributed by atoms with Crippen molar-refractivity contribution in [2.24, 2.45) is 0 Å². The van der Waals surface area contributed by atoms with Crippen LogP contribution < -0.4 is 14.4 Å². The molecular formula is C48H54N3O+. The summed E-state index contributed by atoms with van der Waals surface area (Å²) >= 11 is 0. The molecule has 2 aliphatic heterocycles. The number of hydrogen-bond donors (Lipinski definition) is 0. The fourth-order valence-electron chi connectivity index (χ4n) is 8.68. The van der Waals surface area contributed by atoms with Gasteiger partial charge in [-0.25, -0.2) is 0 Å². The summed E-state index contributed by atoms with van der Waals surface area (Å²) in [5.41, 5.74) is 16.4. The summed E-state index contributed by atoms with van der Waals surface area (Å²) in [6, 6.07) is 35.4. The van der Waals surface area contributed by atoms with Crippen LogP contribution in [0.3, 0.4) is 0 Å². The van der Waals surface area contributed by atoms with Gasteiger partial charge in [0.2, 0.25) is 17.1 Å². The first-order valence-corrected chi connectivity index (χ1v) is 18.9. The van der Waals surface area contributed by atoms with Gasteiger partial charge in [-0.1, -0.05) is 119 Å². The Labute approximate surface area is 311 Å². The van der Waals surface area contributed by atoms with Gasteiger partial charge < -0.3 is 14.5 Å². The Hall–Kier alpha value is -4.93. The zero-order valence-electron chi connectivity index (χ0n) is 32.5. The van der Waals surface area contributed by atoms with Crippen molar-refractivity contribution in [3.05, 3.63) is 166 Å². The molecule has 266 valence electrons. The molecule has 0 amide bonds. The van der Waals surface area contributed by atoms with Gasteiger partial charge in [0.1, 0.15) is 6.23 Å². The first-order valence-electron chi connectivity index (χ1n) is 18.9. The van der Waals surface area contributed by atoms with Crippen LogP contribution >= 0.6 is 0 Å². The SMILES string of the molecule is CCC(OC)N1/C(=C/C=C2\CCC(=CC=C3N(C)c4ccc(C)cc4C3(C)C)C2=[N+](c2ccccc2)c2ccccc2)C(C)(C)c2cc(C)ccc21. The van der Waals surface area contributed by atoms with Crippen LogP contribution in [-0.4, -0.2) is 26.1 Å². The summed E-state index contributed by atoms with van der Waals surface area (Å²) in [6.07, 6.45) is 12.3. The standard InChI is InChI=1S/C48H54N3O/c1-10-45(52-9)51-42-28-22-34(3)32-40(42)48(6,7)44(51)30-26-36-24-23-35(25-29-43-47(4,5)39-31-33(2)21-27-41(39)49(43)8)46(36)50(37-17-13-11-14-18-37)38-19-15-12-16-20-38/h11-22,25-32,45H,10,23-24H2,1-9H3/q+1. The van der Waals surface area contributed by atoms with Gasteiger partial charge in [0.05, 0.1) is 0 Å². The molecule has 0 bridgehead atoms. The third kappa shape index (κ3) is 6.07. The van der Waals surface area contributed by atoms with E-state index in [-0.39, 0.29) is 17.1 Å². The van der Waals surface area contributed by atoms with Crippen LogP contribution in [0.1, 0.15) is 76.1 Å². The van der Waals surface area contributed by atoms with Crippen LogP contribution in [0.15, 0.2) is 144 Å². The second-order valence-corrected chi connectivity index (χ2v) is 15.7. The highest BCUT2D eigenvalue weighted by Crippen LogP contribution is 2.50. The Balaban J connectivity index is 1.43. The number of para-hydroxylation sites is 2. The minimum atomic E-state index is -0.184. The summed E-state index contributed by atoms with van der Waals surface area (Å²) in [4.78, 5) is 4.81. The summed E-state index contributed by atoms with van der Waals surface area (Å²) in [5.74, 6) is 0. The molecule has 0 radical (unpaired) electrons. The molecule has 1 fully saturated rings. The largest absolute Gasteiger partial charge is 0.361 e. The minimum Gasteiger partial charge on any atom is -0.361 e. The van der Waals surface area contributed by atoms with Crippen molar-refractivity contribution in [3.63, 3.8) is 0 Å². The predicted octanol–water partition coefficient (Wildman–Crippen LogP) is 11.6. The number of likely N-dealkylation sites (N-methyl/N-ethyl adjacent to an activating group) is 1. The maximum atomic E-state index is 6.13. The lowest BCUT2D eigenvalue weighted by Gasteiger charge is -2.32. The quantitative estimate of drug-likeness (QED) is 0.180. The van der Waals surface area contributed by atoms with Crippen molar-refractivity contribution in [1.82, 2.24) is 4.58 Å². The maximum Gasteiger partial charge on any atom is 0.218 e. The average molecular weight is 689 g/mol. The van der Waals surface area contributed by atoms with E-state index in [1.54, 1.807) is 0 Å². The van der Waals surface area contributed by atoms with Crippen molar-refractivity contribution in [1.29, 1.82) is 0 Å². The lowest BCUT2D eigenvalue weighted by molar-refractivity contribution is 0.101. The van der Waals surface area contributed by atoms with Gasteiger partial charge in [-0.15, -0.1) is 0 Å². The molecule has 0 spiro atoms. The highest BCUT2D eigenvalue weighted by Gasteiger charge is 2.43. The Morgan fingerprint density at radius 1 is 0.673 bits per heavy atom. The molecule has 1 unspecified atom stereocenters. The van der Waals surface area contributed by atoms with Gasteiger partial charge in [0.15, 0.2) is 0 Å². The van der Waals surface area contributed by atoms with E-state index in [0.717, 1.165) is 30.6 Å². The molecule has 1 aliphatic carbocycles. The number of rotatable bonds is 7. The Morgan fingerprint density at radius 3 is 1.67 bits per heavy atom. The molecule has 0 aromatic heterocycles. The number of nitrogens with zero attached hydrogens (tertiary/aromatic N) is 3. The van der Waals surface area contributed by atoms with Gasteiger partial charge in [0.25, 0.3) is 0 Å². The number of anilines is 2. The minimum absolute atomic E-state index is 0.0493. The Kier molecular flexibility index (Phi) is 9.48. The summed E-state index contributed by atoms with van der Waals surface area (Å²) in [5, 5.41) is 0. The molecule has 1 atom stereocenters. The van der Waals surface area contributed by atoms with Crippen molar-refractivity contribution in [2.75, 3.05) is 24.0 Å². The Bertz CT molecular complexity index is 2100. The van der Waals surface area contributed by atoms with Gasteiger partial charge >= 0.3 is 0 Å². The number of hydrogen-bond acceptors (Lipinski definition) is 3. The topological polar surface area (TPSA) is 18.7 Å². The van der Waals surface area contributed by atoms with E-state index in [1.807, 2.05) is 7.11 Å². The van der Waals surface area contributed by atoms with Crippen LogP contribution in [0.5, 0.6) is 0 Å². The molecule has 4 aromatic rings. The number of benzene rings is 4. The second kappa shape index (κ2) is 13.9. The molecular weight excluding hydrogens is 635 g/mol. The zero-order valence-corrected chi connectivity index (χ0v) is 32.5. The lowest BCUT2D eigenvalue weighted by Crippen LogP contribution is -2.36. The number of aryl methyl sites for hydroxylation is 2. The van der Waals surface area contributed by atoms with Crippen LogP contribution in [0.25, 0.3) is 0 Å². The van der Waals surface area contributed by atoms with E-state index < -0.39 is 0 Å². The first kappa shape index (κ1) is 35.5. The van der Waals surface area contributed by atoms with Gasteiger partial charge in [-0.2, -0.15) is 4.58 Å². The van der Waals surface area contributed by atoms with Crippen LogP contribution in [0.4, 0.5) is 22.7 Å². The molecule has 7 rings (SSSR count). The van der Waals surface area contributed by atoms with E-state index in [1.165, 1.54) is 61.9 Å². The van der Waals surface area contributed by atoms with Gasteiger partial charge in [-0.3, -0.25) is 0 Å². The number of allylic oxidation sites excluding steroid dienone is 8. The molecule has 4 nitrogen and oxygen atoms in total. The fraction of sp³-hybridized carbons (Fsp3) is 0.312. The second-order valence-electron chi connectivity index (χ2n) is 15.7. The third-order valence-corrected chi connectivity index (χ3v) is 11.5. The Morgan fingerprint density at radius 2 is 1.15 bits per heavy atom. The summed E-state index contributed by atoms with van der Waals surface area (Å²) in [7, 11) is 4.04. The van der Waals surface area contributed by atoms with Gasteiger partial charge in [-0.05, 0) is 68.5 Å². The van der Waals surface area contributed by atoms with Crippen LogP contribution in [0, 0.1) is 13.8 Å². The van der Waals surface area contributed by atoms with Crippen molar-refractivity contribution >= 4 is 28.5 Å². The van der Waals surface area contributed by atoms with Gasteiger partial charge in [0, 0.05) is 83.2 Å². The van der Waals surface area contributed by atoms with Crippen LogP contribution in [-0.2, 0) is 15.6 Å².